The second kappa shape index (κ2) is 9.27. The van der Waals surface area contributed by atoms with Crippen molar-refractivity contribution in [2.75, 3.05) is 6.61 Å². The van der Waals surface area contributed by atoms with E-state index in [2.05, 4.69) is 20.6 Å². The quantitative estimate of drug-likeness (QED) is 0.618. The summed E-state index contributed by atoms with van der Waals surface area (Å²) in [4.78, 5) is 34.4. The van der Waals surface area contributed by atoms with Crippen molar-refractivity contribution >= 4 is 11.8 Å². The van der Waals surface area contributed by atoms with Gasteiger partial charge in [0.2, 0.25) is 0 Å². The van der Waals surface area contributed by atoms with Gasteiger partial charge in [0.05, 0.1) is 36.6 Å². The van der Waals surface area contributed by atoms with Crippen LogP contribution in [0.15, 0.2) is 48.8 Å². The van der Waals surface area contributed by atoms with E-state index in [1.807, 2.05) is 11.5 Å². The van der Waals surface area contributed by atoms with E-state index in [9.17, 15) is 14.0 Å². The topological polar surface area (TPSA) is 98.1 Å². The van der Waals surface area contributed by atoms with Crippen molar-refractivity contribution in [3.05, 3.63) is 82.9 Å². The van der Waals surface area contributed by atoms with E-state index in [0.717, 1.165) is 5.56 Å². The van der Waals surface area contributed by atoms with Crippen LogP contribution < -0.4 is 10.6 Å². The Morgan fingerprint density at radius 2 is 1.75 bits per heavy atom. The fraction of sp³-hybridized carbons (Fsp3) is 0.304. The second-order valence-corrected chi connectivity index (χ2v) is 7.64. The number of fused-ring (bicyclic) bond motifs is 1. The Labute approximate surface area is 184 Å². The Morgan fingerprint density at radius 3 is 2.47 bits per heavy atom. The van der Waals surface area contributed by atoms with Gasteiger partial charge < -0.3 is 19.9 Å². The lowest BCUT2D eigenvalue weighted by atomic mass is 10.1. The maximum absolute atomic E-state index is 13.2. The highest BCUT2D eigenvalue weighted by atomic mass is 19.1. The van der Waals surface area contributed by atoms with Crippen molar-refractivity contribution in [1.29, 1.82) is 0 Å². The van der Waals surface area contributed by atoms with Gasteiger partial charge in [0.25, 0.3) is 11.8 Å². The zero-order chi connectivity index (χ0) is 22.7. The van der Waals surface area contributed by atoms with Crippen LogP contribution in [0.25, 0.3) is 0 Å². The Hall–Kier alpha value is -3.59. The molecule has 0 saturated heterocycles. The van der Waals surface area contributed by atoms with Crippen LogP contribution in [0.2, 0.25) is 0 Å². The van der Waals surface area contributed by atoms with Gasteiger partial charge in [0.1, 0.15) is 17.3 Å². The minimum atomic E-state index is -0.403. The molecule has 1 aliphatic rings. The average molecular weight is 437 g/mol. The number of benzene rings is 1. The van der Waals surface area contributed by atoms with Gasteiger partial charge in [0, 0.05) is 18.9 Å². The standard InChI is InChI=1S/C23H24FN5O3/c1-14(16-4-6-17(24)7-5-16)27-23(31)19-12-18(20-13-32-11-10-29(19)20)22(30)28-15(2)21-25-8-3-9-26-21/h3-9,12,14-15H,10-11,13H2,1-2H3,(H,27,31)(H,28,30)/t14-,15-/m1/s1. The van der Waals surface area contributed by atoms with Crippen molar-refractivity contribution < 1.29 is 18.7 Å². The predicted octanol–water partition coefficient (Wildman–Crippen LogP) is 2.93. The van der Waals surface area contributed by atoms with Crippen LogP contribution in [-0.4, -0.2) is 33.0 Å². The van der Waals surface area contributed by atoms with Gasteiger partial charge in [-0.05, 0) is 43.7 Å². The third-order valence-electron chi connectivity index (χ3n) is 5.42. The van der Waals surface area contributed by atoms with E-state index in [1.54, 1.807) is 43.6 Å². The lowest BCUT2D eigenvalue weighted by molar-refractivity contribution is 0.0774. The van der Waals surface area contributed by atoms with Crippen LogP contribution in [0.3, 0.4) is 0 Å². The lowest BCUT2D eigenvalue weighted by Crippen LogP contribution is -2.30. The molecule has 0 saturated carbocycles. The summed E-state index contributed by atoms with van der Waals surface area (Å²) in [5.41, 5.74) is 2.19. The molecule has 3 aromatic rings. The number of hydrogen-bond donors (Lipinski definition) is 2. The van der Waals surface area contributed by atoms with Crippen molar-refractivity contribution in [1.82, 2.24) is 25.2 Å². The largest absolute Gasteiger partial charge is 0.373 e. The van der Waals surface area contributed by atoms with E-state index >= 15 is 0 Å². The minimum Gasteiger partial charge on any atom is -0.373 e. The molecule has 0 spiro atoms. The Balaban J connectivity index is 1.55. The van der Waals surface area contributed by atoms with Crippen molar-refractivity contribution in [2.45, 2.75) is 39.1 Å². The van der Waals surface area contributed by atoms with Gasteiger partial charge in [0.15, 0.2) is 0 Å². The monoisotopic (exact) mass is 437 g/mol. The normalized spacial score (nSPS) is 14.8. The number of aromatic nitrogens is 3. The molecule has 2 N–H and O–H groups in total. The first-order valence-corrected chi connectivity index (χ1v) is 10.4. The molecule has 2 atom stereocenters. The Morgan fingerprint density at radius 1 is 1.06 bits per heavy atom. The first-order valence-electron chi connectivity index (χ1n) is 10.4. The van der Waals surface area contributed by atoms with E-state index in [0.29, 0.717) is 35.9 Å². The number of ether oxygens (including phenoxy) is 1. The number of hydrogen-bond acceptors (Lipinski definition) is 5. The van der Waals surface area contributed by atoms with Crippen LogP contribution in [0.4, 0.5) is 4.39 Å². The SMILES string of the molecule is C[C@@H](NC(=O)c1cc(C(=O)N[C@H](C)c2ncccn2)c2n1CCOC2)c1ccc(F)cc1. The van der Waals surface area contributed by atoms with Crippen LogP contribution in [0.1, 0.15) is 63.9 Å². The molecule has 0 bridgehead atoms. The zero-order valence-electron chi connectivity index (χ0n) is 17.8. The third-order valence-corrected chi connectivity index (χ3v) is 5.42. The van der Waals surface area contributed by atoms with Crippen LogP contribution in [-0.2, 0) is 17.9 Å². The molecule has 32 heavy (non-hydrogen) atoms. The number of rotatable bonds is 6. The highest BCUT2D eigenvalue weighted by Crippen LogP contribution is 2.23. The molecule has 0 aliphatic carbocycles. The molecule has 166 valence electrons. The summed E-state index contributed by atoms with van der Waals surface area (Å²) in [5, 5.41) is 5.81. The summed E-state index contributed by atoms with van der Waals surface area (Å²) in [7, 11) is 0. The Bertz CT molecular complexity index is 1110. The minimum absolute atomic E-state index is 0.236. The number of nitrogens with one attached hydrogen (secondary N) is 2. The van der Waals surface area contributed by atoms with E-state index < -0.39 is 6.04 Å². The van der Waals surface area contributed by atoms with Gasteiger partial charge in [-0.3, -0.25) is 9.59 Å². The summed E-state index contributed by atoms with van der Waals surface area (Å²) in [5.74, 6) is -0.483. The Kier molecular flexibility index (Phi) is 6.27. The molecule has 8 nitrogen and oxygen atoms in total. The van der Waals surface area contributed by atoms with Crippen molar-refractivity contribution in [3.63, 3.8) is 0 Å². The molecular formula is C23H24FN5O3. The summed E-state index contributed by atoms with van der Waals surface area (Å²) in [6.07, 6.45) is 3.23. The fourth-order valence-corrected chi connectivity index (χ4v) is 3.69. The molecule has 0 radical (unpaired) electrons. The molecule has 0 fully saturated rings. The first-order chi connectivity index (χ1) is 15.4. The van der Waals surface area contributed by atoms with E-state index in [4.69, 9.17) is 4.74 Å². The molecule has 1 aliphatic heterocycles. The maximum Gasteiger partial charge on any atom is 0.268 e. The molecular weight excluding hydrogens is 413 g/mol. The molecule has 1 aromatic carbocycles. The van der Waals surface area contributed by atoms with Gasteiger partial charge in [-0.2, -0.15) is 0 Å². The van der Waals surface area contributed by atoms with Gasteiger partial charge >= 0.3 is 0 Å². The smallest absolute Gasteiger partial charge is 0.268 e. The molecule has 2 amide bonds. The van der Waals surface area contributed by atoms with Crippen molar-refractivity contribution in [2.24, 2.45) is 0 Å². The van der Waals surface area contributed by atoms with Gasteiger partial charge in [-0.1, -0.05) is 12.1 Å². The molecule has 2 aromatic heterocycles. The van der Waals surface area contributed by atoms with Gasteiger partial charge in [-0.15, -0.1) is 0 Å². The fourth-order valence-electron chi connectivity index (χ4n) is 3.69. The number of amides is 2. The van der Waals surface area contributed by atoms with Crippen molar-refractivity contribution in [3.8, 4) is 0 Å². The predicted molar refractivity (Wildman–Crippen MR) is 114 cm³/mol. The van der Waals surface area contributed by atoms with Gasteiger partial charge in [-0.25, -0.2) is 14.4 Å². The highest BCUT2D eigenvalue weighted by molar-refractivity contribution is 6.01. The lowest BCUT2D eigenvalue weighted by Gasteiger charge is -2.20. The average Bonchev–Trinajstić information content (AvgIpc) is 3.20. The number of carbonyl (C=O) groups excluding carboxylic acids is 2. The van der Waals surface area contributed by atoms with Crippen LogP contribution in [0.5, 0.6) is 0 Å². The molecule has 0 unspecified atom stereocenters. The highest BCUT2D eigenvalue weighted by Gasteiger charge is 2.27. The van der Waals surface area contributed by atoms with Crippen LogP contribution in [0, 0.1) is 5.82 Å². The summed E-state index contributed by atoms with van der Waals surface area (Å²) in [6.45, 7) is 4.77. The number of nitrogens with zero attached hydrogens (tertiary/aromatic N) is 3. The van der Waals surface area contributed by atoms with E-state index in [-0.39, 0.29) is 30.3 Å². The number of carbonyl (C=O) groups is 2. The third kappa shape index (κ3) is 4.52. The summed E-state index contributed by atoms with van der Waals surface area (Å²) in [6, 6.07) is 8.54. The molecule has 3 heterocycles. The second-order valence-electron chi connectivity index (χ2n) is 7.64. The zero-order valence-corrected chi connectivity index (χ0v) is 17.8. The summed E-state index contributed by atoms with van der Waals surface area (Å²) >= 11 is 0. The molecule has 9 heteroatoms. The van der Waals surface area contributed by atoms with Crippen LogP contribution >= 0.6 is 0 Å². The summed E-state index contributed by atoms with van der Waals surface area (Å²) < 4.78 is 20.5. The number of halogens is 1. The maximum atomic E-state index is 13.2. The first kappa shape index (κ1) is 21.6. The van der Waals surface area contributed by atoms with E-state index in [1.165, 1.54) is 12.1 Å². The molecule has 4 rings (SSSR count).